The van der Waals surface area contributed by atoms with E-state index in [1.54, 1.807) is 16.7 Å². The third kappa shape index (κ3) is 3.22. The van der Waals surface area contributed by atoms with Crippen molar-refractivity contribution in [2.45, 2.75) is 12.6 Å². The average molecular weight is 455 g/mol. The van der Waals surface area contributed by atoms with E-state index in [0.29, 0.717) is 45.6 Å². The molecule has 1 atom stereocenters. The number of ketones is 1. The first-order chi connectivity index (χ1) is 16.5. The summed E-state index contributed by atoms with van der Waals surface area (Å²) in [6.45, 7) is 0.371. The summed E-state index contributed by atoms with van der Waals surface area (Å²) < 4.78 is 12.8. The quantitative estimate of drug-likeness (QED) is 0.377. The van der Waals surface area contributed by atoms with E-state index >= 15 is 0 Å². The minimum atomic E-state index is -0.211. The predicted octanol–water partition coefficient (Wildman–Crippen LogP) is 4.53. The van der Waals surface area contributed by atoms with Crippen LogP contribution in [0.15, 0.2) is 71.5 Å². The summed E-state index contributed by atoms with van der Waals surface area (Å²) in [5.41, 5.74) is 3.45. The number of nitrogens with zero attached hydrogens (tertiary/aromatic N) is 2. The maximum Gasteiger partial charge on any atom is 0.262 e. The summed E-state index contributed by atoms with van der Waals surface area (Å²) in [7, 11) is 7.03. The summed E-state index contributed by atoms with van der Waals surface area (Å²) in [4.78, 5) is 29.8. The van der Waals surface area contributed by atoms with Crippen LogP contribution < -0.4 is 15.0 Å². The van der Waals surface area contributed by atoms with Crippen LogP contribution in [0.1, 0.15) is 27.5 Å². The lowest BCUT2D eigenvalue weighted by Gasteiger charge is -2.27. The molecule has 172 valence electrons. The Morgan fingerprint density at radius 1 is 0.853 bits per heavy atom. The van der Waals surface area contributed by atoms with Gasteiger partial charge in [0.2, 0.25) is 0 Å². The van der Waals surface area contributed by atoms with Gasteiger partial charge < -0.3 is 18.9 Å². The number of hydrogen-bond donors (Lipinski definition) is 0. The van der Waals surface area contributed by atoms with Crippen molar-refractivity contribution >= 4 is 16.6 Å². The molecule has 1 aliphatic carbocycles. The number of carbonyl (C=O) groups excluding carboxylic acids is 1. The number of carbonyl (C=O) groups is 1. The van der Waals surface area contributed by atoms with Crippen molar-refractivity contribution in [3.8, 4) is 22.8 Å². The fourth-order valence-electron chi connectivity index (χ4n) is 4.97. The van der Waals surface area contributed by atoms with Gasteiger partial charge in [0.25, 0.3) is 5.56 Å². The van der Waals surface area contributed by atoms with Crippen molar-refractivity contribution in [2.75, 3.05) is 28.3 Å². The number of fused-ring (bicyclic) bond motifs is 5. The van der Waals surface area contributed by atoms with Crippen LogP contribution >= 0.6 is 0 Å². The number of rotatable bonds is 6. The molecule has 5 rings (SSSR count). The number of hydrogen-bond acceptors (Lipinski definition) is 5. The fourth-order valence-corrected chi connectivity index (χ4v) is 4.97. The summed E-state index contributed by atoms with van der Waals surface area (Å²) in [5.74, 6) is 0.706. The molecular weight excluding hydrogens is 428 g/mol. The van der Waals surface area contributed by atoms with Crippen molar-refractivity contribution in [2.24, 2.45) is 0 Å². The monoisotopic (exact) mass is 454 g/mol. The van der Waals surface area contributed by atoms with Gasteiger partial charge in [0.05, 0.1) is 36.9 Å². The van der Waals surface area contributed by atoms with Crippen LogP contribution in [0.2, 0.25) is 0 Å². The van der Waals surface area contributed by atoms with Gasteiger partial charge in [0.15, 0.2) is 17.3 Å². The smallest absolute Gasteiger partial charge is 0.262 e. The van der Waals surface area contributed by atoms with Crippen LogP contribution in [0.25, 0.3) is 22.0 Å². The third-order valence-electron chi connectivity index (χ3n) is 6.60. The van der Waals surface area contributed by atoms with Crippen LogP contribution in [0.4, 0.5) is 0 Å². The zero-order valence-electron chi connectivity index (χ0n) is 19.7. The predicted molar refractivity (Wildman–Crippen MR) is 133 cm³/mol. The Hall–Kier alpha value is -3.90. The Kier molecular flexibility index (Phi) is 5.46. The van der Waals surface area contributed by atoms with Gasteiger partial charge in [0, 0.05) is 23.1 Å². The molecule has 0 unspecified atom stereocenters. The van der Waals surface area contributed by atoms with E-state index in [0.717, 1.165) is 11.1 Å². The molecular formula is C28H26N2O4. The number of ether oxygens (including phenoxy) is 2. The molecule has 0 amide bonds. The van der Waals surface area contributed by atoms with Gasteiger partial charge in [-0.3, -0.25) is 9.59 Å². The van der Waals surface area contributed by atoms with Gasteiger partial charge in [0.1, 0.15) is 0 Å². The molecule has 6 nitrogen and oxygen atoms in total. The molecule has 4 aromatic rings. The SMILES string of the molecule is COc1ccc2c3c(n(C[C@@H](c4ccccc4)N(C)C)c(=O)c2c1OC)-c1ccccc1C3=O. The molecule has 0 spiro atoms. The van der Waals surface area contributed by atoms with E-state index in [9.17, 15) is 9.59 Å². The zero-order chi connectivity index (χ0) is 24.0. The molecule has 6 heteroatoms. The molecule has 1 aliphatic rings. The lowest BCUT2D eigenvalue weighted by Crippen LogP contribution is -2.31. The molecule has 0 radical (unpaired) electrons. The van der Waals surface area contributed by atoms with Crippen LogP contribution in [0.5, 0.6) is 11.5 Å². The van der Waals surface area contributed by atoms with Gasteiger partial charge in [-0.05, 0) is 31.8 Å². The summed E-state index contributed by atoms with van der Waals surface area (Å²) in [6.07, 6.45) is 0. The van der Waals surface area contributed by atoms with Crippen LogP contribution in [0, 0.1) is 0 Å². The highest BCUT2D eigenvalue weighted by Gasteiger charge is 2.34. The van der Waals surface area contributed by atoms with E-state index in [4.69, 9.17) is 9.47 Å². The maximum absolute atomic E-state index is 14.1. The second-order valence-corrected chi connectivity index (χ2v) is 8.63. The second kappa shape index (κ2) is 8.47. The van der Waals surface area contributed by atoms with E-state index < -0.39 is 0 Å². The number of likely N-dealkylation sites (N-methyl/N-ethyl adjacent to an activating group) is 1. The lowest BCUT2D eigenvalue weighted by atomic mass is 10.0. The van der Waals surface area contributed by atoms with Crippen molar-refractivity contribution in [3.05, 3.63) is 93.8 Å². The highest BCUT2D eigenvalue weighted by molar-refractivity contribution is 6.27. The maximum atomic E-state index is 14.1. The minimum Gasteiger partial charge on any atom is -0.493 e. The molecule has 34 heavy (non-hydrogen) atoms. The molecule has 0 aliphatic heterocycles. The van der Waals surface area contributed by atoms with Gasteiger partial charge in [-0.15, -0.1) is 0 Å². The third-order valence-corrected chi connectivity index (χ3v) is 6.60. The Balaban J connectivity index is 1.87. The number of pyridine rings is 1. The van der Waals surface area contributed by atoms with E-state index in [-0.39, 0.29) is 17.4 Å². The van der Waals surface area contributed by atoms with Crippen molar-refractivity contribution in [3.63, 3.8) is 0 Å². The Morgan fingerprint density at radius 3 is 2.18 bits per heavy atom. The molecule has 1 aromatic heterocycles. The molecule has 0 fully saturated rings. The normalized spacial score (nSPS) is 13.1. The average Bonchev–Trinajstić information content (AvgIpc) is 3.16. The zero-order valence-corrected chi connectivity index (χ0v) is 19.7. The van der Waals surface area contributed by atoms with Crippen LogP contribution in [-0.4, -0.2) is 43.6 Å². The highest BCUT2D eigenvalue weighted by Crippen LogP contribution is 2.43. The number of methoxy groups -OCH3 is 2. The van der Waals surface area contributed by atoms with Crippen molar-refractivity contribution in [1.29, 1.82) is 0 Å². The largest absolute Gasteiger partial charge is 0.493 e. The molecule has 0 bridgehead atoms. The van der Waals surface area contributed by atoms with Crippen LogP contribution in [0.3, 0.4) is 0 Å². The van der Waals surface area contributed by atoms with Gasteiger partial charge in [-0.25, -0.2) is 0 Å². The molecule has 0 saturated heterocycles. The topological polar surface area (TPSA) is 60.8 Å². The number of benzene rings is 3. The summed E-state index contributed by atoms with van der Waals surface area (Å²) in [5, 5.41) is 0.934. The minimum absolute atomic E-state index is 0.0834. The first kappa shape index (κ1) is 21.9. The van der Waals surface area contributed by atoms with E-state index in [2.05, 4.69) is 17.0 Å². The molecule has 0 saturated carbocycles. The van der Waals surface area contributed by atoms with E-state index in [1.807, 2.05) is 56.6 Å². The van der Waals surface area contributed by atoms with Crippen molar-refractivity contribution < 1.29 is 14.3 Å². The molecule has 3 aromatic carbocycles. The fraction of sp³-hybridized carbons (Fsp3) is 0.214. The molecule has 0 N–H and O–H groups in total. The first-order valence-electron chi connectivity index (χ1n) is 11.1. The second-order valence-electron chi connectivity index (χ2n) is 8.63. The Labute approximate surface area is 198 Å². The van der Waals surface area contributed by atoms with Gasteiger partial charge in [-0.2, -0.15) is 0 Å². The van der Waals surface area contributed by atoms with Crippen LogP contribution in [-0.2, 0) is 6.54 Å². The molecule has 1 heterocycles. The summed E-state index contributed by atoms with van der Waals surface area (Å²) >= 11 is 0. The van der Waals surface area contributed by atoms with Crippen molar-refractivity contribution in [1.82, 2.24) is 9.47 Å². The summed E-state index contributed by atoms with van der Waals surface area (Å²) in [6, 6.07) is 21.0. The standard InChI is InChI=1S/C28H26N2O4/c1-29(2)21(17-10-6-5-7-11-17)16-30-25-18-12-8-9-13-19(18)26(31)23(25)20-14-15-22(33-3)27(34-4)24(20)28(30)32/h5-15,21H,16H2,1-4H3/t21-/m0/s1. The lowest BCUT2D eigenvalue weighted by molar-refractivity contribution is 0.104. The first-order valence-corrected chi connectivity index (χ1v) is 11.1. The number of aromatic nitrogens is 1. The Morgan fingerprint density at radius 2 is 1.53 bits per heavy atom. The van der Waals surface area contributed by atoms with E-state index in [1.165, 1.54) is 14.2 Å². The van der Waals surface area contributed by atoms with Gasteiger partial charge in [-0.1, -0.05) is 54.6 Å². The Bertz CT molecular complexity index is 1470. The van der Waals surface area contributed by atoms with Gasteiger partial charge >= 0.3 is 0 Å². The highest BCUT2D eigenvalue weighted by atomic mass is 16.5.